The molecular formula is C8H12N2O4. The minimum atomic E-state index is -1.01. The highest BCUT2D eigenvalue weighted by molar-refractivity contribution is 5.71. The molecule has 1 rings (SSSR count). The van der Waals surface area contributed by atoms with Gasteiger partial charge < -0.3 is 14.4 Å². The zero-order valence-corrected chi connectivity index (χ0v) is 8.06. The second kappa shape index (κ2) is 4.71. The van der Waals surface area contributed by atoms with Crippen molar-refractivity contribution < 1.29 is 19.2 Å². The molecule has 6 nitrogen and oxygen atoms in total. The summed E-state index contributed by atoms with van der Waals surface area (Å²) >= 11 is 0. The molecule has 0 saturated heterocycles. The Balaban J connectivity index is 2.41. The fraction of sp³-hybridized carbons (Fsp3) is 0.625. The van der Waals surface area contributed by atoms with Crippen LogP contribution in [-0.2, 0) is 22.6 Å². The van der Waals surface area contributed by atoms with E-state index in [9.17, 15) is 4.79 Å². The van der Waals surface area contributed by atoms with E-state index in [1.54, 1.807) is 0 Å². The number of aryl methyl sites for hydroxylation is 1. The summed E-state index contributed by atoms with van der Waals surface area (Å²) in [6, 6.07) is 0. The predicted octanol–water partition coefficient (Wildman–Crippen LogP) is 0.622. The van der Waals surface area contributed by atoms with Gasteiger partial charge in [0.15, 0.2) is 11.9 Å². The summed E-state index contributed by atoms with van der Waals surface area (Å²) in [7, 11) is 0. The molecule has 0 aliphatic heterocycles. The molecule has 0 unspecified atom stereocenters. The van der Waals surface area contributed by atoms with Gasteiger partial charge in [0.25, 0.3) is 0 Å². The largest absolute Gasteiger partial charge is 0.479 e. The Morgan fingerprint density at radius 3 is 2.93 bits per heavy atom. The highest BCUT2D eigenvalue weighted by Crippen LogP contribution is 2.01. The summed E-state index contributed by atoms with van der Waals surface area (Å²) in [4.78, 5) is 14.4. The summed E-state index contributed by atoms with van der Waals surface area (Å²) in [5.41, 5.74) is 0. The molecule has 0 amide bonds. The lowest BCUT2D eigenvalue weighted by Crippen LogP contribution is -2.19. The number of ether oxygens (including phenoxy) is 1. The second-order valence-electron chi connectivity index (χ2n) is 2.75. The van der Waals surface area contributed by atoms with E-state index in [0.29, 0.717) is 18.1 Å². The molecule has 1 aromatic rings. The molecule has 0 bridgehead atoms. The van der Waals surface area contributed by atoms with Crippen molar-refractivity contribution in [2.75, 3.05) is 0 Å². The number of aliphatic carboxylic acids is 1. The lowest BCUT2D eigenvalue weighted by atomic mass is 10.4. The van der Waals surface area contributed by atoms with Crippen LogP contribution in [0.15, 0.2) is 4.52 Å². The molecule has 1 atom stereocenters. The van der Waals surface area contributed by atoms with Crippen molar-refractivity contribution in [3.8, 4) is 0 Å². The van der Waals surface area contributed by atoms with Crippen molar-refractivity contribution in [1.82, 2.24) is 10.1 Å². The van der Waals surface area contributed by atoms with Crippen molar-refractivity contribution in [3.63, 3.8) is 0 Å². The fourth-order valence-electron chi connectivity index (χ4n) is 0.763. The van der Waals surface area contributed by atoms with Crippen LogP contribution in [0.25, 0.3) is 0 Å². The summed E-state index contributed by atoms with van der Waals surface area (Å²) in [5, 5.41) is 12.1. The van der Waals surface area contributed by atoms with Gasteiger partial charge in [-0.3, -0.25) is 0 Å². The van der Waals surface area contributed by atoms with Gasteiger partial charge in [-0.25, -0.2) is 4.79 Å². The summed E-state index contributed by atoms with van der Waals surface area (Å²) in [6.45, 7) is 3.39. The molecule has 78 valence electrons. The van der Waals surface area contributed by atoms with E-state index >= 15 is 0 Å². The highest BCUT2D eigenvalue weighted by atomic mass is 16.5. The van der Waals surface area contributed by atoms with E-state index in [4.69, 9.17) is 14.4 Å². The Hall–Kier alpha value is -1.43. The Morgan fingerprint density at radius 2 is 2.43 bits per heavy atom. The van der Waals surface area contributed by atoms with Gasteiger partial charge in [-0.1, -0.05) is 12.1 Å². The van der Waals surface area contributed by atoms with Crippen LogP contribution in [0.5, 0.6) is 0 Å². The Kier molecular flexibility index (Phi) is 3.58. The van der Waals surface area contributed by atoms with E-state index in [1.807, 2.05) is 6.92 Å². The first-order chi connectivity index (χ1) is 6.63. The average molecular weight is 200 g/mol. The number of rotatable bonds is 5. The minimum Gasteiger partial charge on any atom is -0.479 e. The van der Waals surface area contributed by atoms with Crippen LogP contribution in [0.4, 0.5) is 0 Å². The molecule has 0 saturated carbocycles. The van der Waals surface area contributed by atoms with E-state index in [-0.39, 0.29) is 6.61 Å². The lowest BCUT2D eigenvalue weighted by Gasteiger charge is -2.04. The van der Waals surface area contributed by atoms with Crippen LogP contribution in [0.1, 0.15) is 25.6 Å². The predicted molar refractivity (Wildman–Crippen MR) is 45.6 cm³/mol. The Morgan fingerprint density at radius 1 is 1.71 bits per heavy atom. The van der Waals surface area contributed by atoms with Crippen LogP contribution in [-0.4, -0.2) is 27.3 Å². The molecule has 0 spiro atoms. The van der Waals surface area contributed by atoms with Gasteiger partial charge in [-0.15, -0.1) is 0 Å². The van der Waals surface area contributed by atoms with E-state index in [0.717, 1.165) is 0 Å². The second-order valence-corrected chi connectivity index (χ2v) is 2.75. The molecule has 0 fully saturated rings. The molecule has 1 N–H and O–H groups in total. The quantitative estimate of drug-likeness (QED) is 0.749. The first-order valence-electron chi connectivity index (χ1n) is 4.29. The zero-order chi connectivity index (χ0) is 10.6. The number of nitrogens with zero attached hydrogens (tertiary/aromatic N) is 2. The highest BCUT2D eigenvalue weighted by Gasteiger charge is 2.13. The fourth-order valence-corrected chi connectivity index (χ4v) is 0.763. The van der Waals surface area contributed by atoms with Crippen molar-refractivity contribution in [3.05, 3.63) is 11.7 Å². The number of aromatic nitrogens is 2. The number of hydrogen-bond donors (Lipinski definition) is 1. The Labute approximate surface area is 80.9 Å². The normalized spacial score (nSPS) is 12.7. The van der Waals surface area contributed by atoms with Crippen molar-refractivity contribution in [1.29, 1.82) is 0 Å². The number of carboxylic acid groups (broad SMARTS) is 1. The van der Waals surface area contributed by atoms with Gasteiger partial charge in [0.05, 0.1) is 0 Å². The maximum atomic E-state index is 10.4. The third-order valence-corrected chi connectivity index (χ3v) is 1.62. The minimum absolute atomic E-state index is 0.0525. The third-order valence-electron chi connectivity index (χ3n) is 1.62. The standard InChI is InChI=1S/C8H12N2O4/c1-3-7-9-6(10-14-7)4-13-5(2)8(11)12/h5H,3-4H2,1-2H3,(H,11,12)/t5-/m0/s1. The van der Waals surface area contributed by atoms with Crippen LogP contribution in [0.3, 0.4) is 0 Å². The molecule has 1 heterocycles. The zero-order valence-electron chi connectivity index (χ0n) is 8.06. The molecular weight excluding hydrogens is 188 g/mol. The van der Waals surface area contributed by atoms with Crippen molar-refractivity contribution >= 4 is 5.97 Å². The first-order valence-corrected chi connectivity index (χ1v) is 4.29. The molecule has 6 heteroatoms. The molecule has 1 aromatic heterocycles. The summed E-state index contributed by atoms with van der Waals surface area (Å²) in [5.74, 6) is -0.120. The van der Waals surface area contributed by atoms with E-state index in [1.165, 1.54) is 6.92 Å². The average Bonchev–Trinajstić information content (AvgIpc) is 2.61. The van der Waals surface area contributed by atoms with Crippen LogP contribution in [0.2, 0.25) is 0 Å². The number of carboxylic acids is 1. The first kappa shape index (κ1) is 10.6. The van der Waals surface area contributed by atoms with Gasteiger partial charge in [0.2, 0.25) is 5.89 Å². The molecule has 0 aromatic carbocycles. The van der Waals surface area contributed by atoms with E-state index in [2.05, 4.69) is 10.1 Å². The Bertz CT molecular complexity index is 310. The SMILES string of the molecule is CCc1nc(CO[C@@H](C)C(=O)O)no1. The molecule has 14 heavy (non-hydrogen) atoms. The topological polar surface area (TPSA) is 85.5 Å². The van der Waals surface area contributed by atoms with Crippen molar-refractivity contribution in [2.45, 2.75) is 33.0 Å². The summed E-state index contributed by atoms with van der Waals surface area (Å²) in [6.07, 6.45) is -0.208. The third kappa shape index (κ3) is 2.81. The van der Waals surface area contributed by atoms with Crippen LogP contribution >= 0.6 is 0 Å². The molecule has 0 aliphatic carbocycles. The number of carbonyl (C=O) groups is 1. The van der Waals surface area contributed by atoms with Crippen LogP contribution < -0.4 is 0 Å². The maximum absolute atomic E-state index is 10.4. The van der Waals surface area contributed by atoms with Crippen LogP contribution in [0, 0.1) is 0 Å². The monoisotopic (exact) mass is 200 g/mol. The van der Waals surface area contributed by atoms with Gasteiger partial charge in [0.1, 0.15) is 6.61 Å². The van der Waals surface area contributed by atoms with Crippen molar-refractivity contribution in [2.24, 2.45) is 0 Å². The molecule has 0 radical (unpaired) electrons. The smallest absolute Gasteiger partial charge is 0.332 e. The lowest BCUT2D eigenvalue weighted by molar-refractivity contribution is -0.150. The maximum Gasteiger partial charge on any atom is 0.332 e. The number of hydrogen-bond acceptors (Lipinski definition) is 5. The van der Waals surface area contributed by atoms with Gasteiger partial charge in [-0.05, 0) is 6.92 Å². The van der Waals surface area contributed by atoms with Gasteiger partial charge in [-0.2, -0.15) is 4.98 Å². The summed E-state index contributed by atoms with van der Waals surface area (Å²) < 4.78 is 9.78. The van der Waals surface area contributed by atoms with Gasteiger partial charge >= 0.3 is 5.97 Å². The van der Waals surface area contributed by atoms with E-state index < -0.39 is 12.1 Å². The van der Waals surface area contributed by atoms with Gasteiger partial charge in [0, 0.05) is 6.42 Å². The molecule has 0 aliphatic rings.